The summed E-state index contributed by atoms with van der Waals surface area (Å²) in [5, 5.41) is 0. The molecule has 0 radical (unpaired) electrons. The van der Waals surface area contributed by atoms with Gasteiger partial charge in [0.2, 0.25) is 11.6 Å². The fourth-order valence-corrected chi connectivity index (χ4v) is 9.16. The molecule has 2 aliphatic carbocycles. The van der Waals surface area contributed by atoms with Crippen LogP contribution in [0.15, 0.2) is 17.4 Å². The van der Waals surface area contributed by atoms with Gasteiger partial charge in [-0.15, -0.1) is 0 Å². The Balaban J connectivity index is 1.74. The number of methoxy groups -OCH3 is 6. The number of hydrogen-bond donors (Lipinski definition) is 0. The Morgan fingerprint density at radius 3 is 2.13 bits per heavy atom. The Kier molecular flexibility index (Phi) is 9.60. The molecular weight excluding hydrogens is 576 g/mol. The van der Waals surface area contributed by atoms with E-state index in [2.05, 4.69) is 27.7 Å². The van der Waals surface area contributed by atoms with Gasteiger partial charge in [0.25, 0.3) is 0 Å². The molecular formula is C36H54O9. The first-order valence-corrected chi connectivity index (χ1v) is 16.5. The minimum absolute atomic E-state index is 0.0518. The summed E-state index contributed by atoms with van der Waals surface area (Å²) >= 11 is 0. The average Bonchev–Trinajstić information content (AvgIpc) is 3.03. The summed E-state index contributed by atoms with van der Waals surface area (Å²) in [7, 11) is 10.0. The van der Waals surface area contributed by atoms with Crippen molar-refractivity contribution in [2.45, 2.75) is 103 Å². The molecule has 1 aromatic rings. The topological polar surface area (TPSA) is 90.9 Å². The molecule has 0 N–H and O–H groups in total. The van der Waals surface area contributed by atoms with Crippen LogP contribution in [0.2, 0.25) is 0 Å². The molecule has 2 aliphatic heterocycles. The van der Waals surface area contributed by atoms with Crippen molar-refractivity contribution in [3.8, 4) is 17.2 Å². The van der Waals surface area contributed by atoms with Crippen molar-refractivity contribution in [2.75, 3.05) is 42.7 Å². The molecule has 1 spiro atoms. The number of rotatable bonds is 9. The Morgan fingerprint density at radius 2 is 1.62 bits per heavy atom. The number of ketones is 1. The van der Waals surface area contributed by atoms with Crippen molar-refractivity contribution in [1.29, 1.82) is 0 Å². The lowest BCUT2D eigenvalue weighted by Crippen LogP contribution is -2.71. The molecule has 8 atom stereocenters. The first-order valence-electron chi connectivity index (χ1n) is 16.5. The first kappa shape index (κ1) is 34.0. The lowest BCUT2D eigenvalue weighted by Gasteiger charge is -2.60. The molecule has 1 saturated heterocycles. The van der Waals surface area contributed by atoms with Crippen molar-refractivity contribution in [3.63, 3.8) is 0 Å². The molecule has 9 nitrogen and oxygen atoms in total. The van der Waals surface area contributed by atoms with Crippen LogP contribution in [0.1, 0.15) is 77.8 Å². The maximum Gasteiger partial charge on any atom is 0.243 e. The van der Waals surface area contributed by atoms with Gasteiger partial charge in [0, 0.05) is 43.9 Å². The van der Waals surface area contributed by atoms with Crippen LogP contribution in [0.4, 0.5) is 0 Å². The van der Waals surface area contributed by atoms with E-state index in [0.717, 1.165) is 29.7 Å². The van der Waals surface area contributed by atoms with Gasteiger partial charge >= 0.3 is 0 Å². The Bertz CT molecular complexity index is 1300. The SMILES string of the molecule is COC1=C(C(C)C)C2(OC)Oc3c(cc(OC)c(C(C)C)c3OC)CC2C2(CCC3CC(OC)C(C(C)C)C(OC)C3O2)C1=O. The van der Waals surface area contributed by atoms with Gasteiger partial charge in [-0.25, -0.2) is 0 Å². The van der Waals surface area contributed by atoms with Crippen LogP contribution in [0.3, 0.4) is 0 Å². The van der Waals surface area contributed by atoms with Gasteiger partial charge in [0.1, 0.15) is 11.4 Å². The maximum absolute atomic E-state index is 14.9. The summed E-state index contributed by atoms with van der Waals surface area (Å²) in [6.07, 6.45) is 2.07. The minimum Gasteiger partial charge on any atom is -0.496 e. The number of ether oxygens (including phenoxy) is 8. The third-order valence-corrected chi connectivity index (χ3v) is 11.0. The summed E-state index contributed by atoms with van der Waals surface area (Å²) in [4.78, 5) is 14.9. The number of Topliss-reactive ketones (excluding diaryl/α,β-unsaturated/α-hetero) is 1. The van der Waals surface area contributed by atoms with Gasteiger partial charge in [-0.1, -0.05) is 41.5 Å². The summed E-state index contributed by atoms with van der Waals surface area (Å²) in [5.74, 6) is 0.754. The summed E-state index contributed by atoms with van der Waals surface area (Å²) in [6, 6.07) is 2.03. The van der Waals surface area contributed by atoms with E-state index < -0.39 is 17.3 Å². The van der Waals surface area contributed by atoms with Gasteiger partial charge < -0.3 is 37.9 Å². The van der Waals surface area contributed by atoms with Crippen molar-refractivity contribution < 1.29 is 42.7 Å². The van der Waals surface area contributed by atoms with E-state index in [4.69, 9.17) is 37.9 Å². The van der Waals surface area contributed by atoms with Crippen LogP contribution in [0, 0.1) is 29.6 Å². The second-order valence-corrected chi connectivity index (χ2v) is 14.1. The lowest BCUT2D eigenvalue weighted by molar-refractivity contribution is -0.291. The van der Waals surface area contributed by atoms with E-state index in [1.54, 1.807) is 42.7 Å². The zero-order valence-corrected chi connectivity index (χ0v) is 29.3. The van der Waals surface area contributed by atoms with Crippen molar-refractivity contribution in [2.24, 2.45) is 29.6 Å². The predicted octanol–water partition coefficient (Wildman–Crippen LogP) is 6.10. The second-order valence-electron chi connectivity index (χ2n) is 14.1. The zero-order chi connectivity index (χ0) is 33.0. The molecule has 0 aromatic heterocycles. The molecule has 1 aromatic carbocycles. The van der Waals surface area contributed by atoms with E-state index >= 15 is 0 Å². The number of benzene rings is 1. The summed E-state index contributed by atoms with van der Waals surface area (Å²) in [6.45, 7) is 12.7. The Morgan fingerprint density at radius 1 is 0.911 bits per heavy atom. The van der Waals surface area contributed by atoms with E-state index in [9.17, 15) is 4.79 Å². The third kappa shape index (κ3) is 4.99. The highest BCUT2D eigenvalue weighted by Gasteiger charge is 2.70. The van der Waals surface area contributed by atoms with Crippen LogP contribution in [-0.2, 0) is 34.9 Å². The largest absolute Gasteiger partial charge is 0.496 e. The number of carbonyl (C=O) groups is 1. The molecule has 0 bridgehead atoms. The number of hydrogen-bond acceptors (Lipinski definition) is 9. The minimum atomic E-state index is -1.34. The van der Waals surface area contributed by atoms with Crippen LogP contribution in [-0.4, -0.2) is 78.1 Å². The van der Waals surface area contributed by atoms with Crippen LogP contribution in [0.25, 0.3) is 0 Å². The first-order chi connectivity index (χ1) is 21.4. The maximum atomic E-state index is 14.9. The third-order valence-electron chi connectivity index (χ3n) is 11.0. The Hall–Kier alpha value is -2.33. The zero-order valence-electron chi connectivity index (χ0n) is 29.3. The lowest BCUT2D eigenvalue weighted by atomic mass is 9.59. The number of carbonyl (C=O) groups excluding carboxylic acids is 1. The second kappa shape index (κ2) is 12.7. The van der Waals surface area contributed by atoms with Crippen LogP contribution >= 0.6 is 0 Å². The van der Waals surface area contributed by atoms with Gasteiger partial charge in [0.05, 0.1) is 45.6 Å². The molecule has 9 heteroatoms. The van der Waals surface area contributed by atoms with Crippen LogP contribution < -0.4 is 14.2 Å². The molecule has 4 aliphatic rings. The van der Waals surface area contributed by atoms with Crippen molar-refractivity contribution >= 4 is 5.78 Å². The normalized spacial score (nSPS) is 34.5. The van der Waals surface area contributed by atoms with Gasteiger partial charge in [-0.05, 0) is 55.4 Å². The monoisotopic (exact) mass is 630 g/mol. The van der Waals surface area contributed by atoms with Gasteiger partial charge in [-0.3, -0.25) is 4.79 Å². The molecule has 0 amide bonds. The highest BCUT2D eigenvalue weighted by atomic mass is 16.7. The molecule has 252 valence electrons. The summed E-state index contributed by atoms with van der Waals surface area (Å²) < 4.78 is 51.1. The van der Waals surface area contributed by atoms with E-state index in [0.29, 0.717) is 35.8 Å². The highest BCUT2D eigenvalue weighted by molar-refractivity contribution is 6.03. The quantitative estimate of drug-likeness (QED) is 0.321. The number of fused-ring (bicyclic) bond motifs is 4. The molecule has 2 fully saturated rings. The Labute approximate surface area is 269 Å². The molecule has 1 saturated carbocycles. The molecule has 45 heavy (non-hydrogen) atoms. The smallest absolute Gasteiger partial charge is 0.243 e. The fourth-order valence-electron chi connectivity index (χ4n) is 9.16. The fraction of sp³-hybridized carbons (Fsp3) is 0.750. The van der Waals surface area contributed by atoms with Crippen molar-refractivity contribution in [3.05, 3.63) is 28.5 Å². The summed E-state index contributed by atoms with van der Waals surface area (Å²) in [5.41, 5.74) is 1.22. The average molecular weight is 631 g/mol. The van der Waals surface area contributed by atoms with Gasteiger partial charge in [-0.2, -0.15) is 0 Å². The molecule has 2 heterocycles. The van der Waals surface area contributed by atoms with E-state index in [1.807, 2.05) is 19.9 Å². The molecule has 8 unspecified atom stereocenters. The predicted molar refractivity (Wildman–Crippen MR) is 170 cm³/mol. The highest BCUT2D eigenvalue weighted by Crippen LogP contribution is 2.61. The van der Waals surface area contributed by atoms with E-state index in [-0.39, 0.29) is 53.5 Å². The van der Waals surface area contributed by atoms with Crippen molar-refractivity contribution in [1.82, 2.24) is 0 Å². The standard InChI is InChI=1S/C36H54O9/c1-18(2)26-23(38-7)15-21-13-14-35(44-29(21)31(26)40-9)25-17-22-16-24(39-8)27(19(3)4)32(41-10)30(22)45-36(25,43-12)28(20(5)6)33(42-11)34(35)37/h16,18-21,23,25-26,29,31H,13-15,17H2,1-12H3. The van der Waals surface area contributed by atoms with Crippen LogP contribution in [0.5, 0.6) is 17.2 Å². The molecule has 5 rings (SSSR count). The van der Waals surface area contributed by atoms with Gasteiger partial charge in [0.15, 0.2) is 17.3 Å². The van der Waals surface area contributed by atoms with E-state index in [1.165, 1.54) is 0 Å².